The number of aromatic nitrogens is 2. The highest BCUT2D eigenvalue weighted by atomic mass is 16.5. The maximum atomic E-state index is 9.41. The van der Waals surface area contributed by atoms with E-state index in [0.29, 0.717) is 13.2 Å². The maximum Gasteiger partial charge on any atom is 0.0897 e. The molecule has 0 spiro atoms. The fourth-order valence-electron chi connectivity index (χ4n) is 1.48. The van der Waals surface area contributed by atoms with Gasteiger partial charge in [-0.05, 0) is 6.42 Å². The second-order valence-electron chi connectivity index (χ2n) is 3.85. The van der Waals surface area contributed by atoms with Gasteiger partial charge in [0.2, 0.25) is 0 Å². The third-order valence-corrected chi connectivity index (χ3v) is 2.21. The number of aryl methyl sites for hydroxylation is 1. The highest BCUT2D eigenvalue weighted by Gasteiger charge is 2.03. The summed E-state index contributed by atoms with van der Waals surface area (Å²) in [5.74, 6) is 0. The first-order chi connectivity index (χ1) is 7.76. The summed E-state index contributed by atoms with van der Waals surface area (Å²) < 4.78 is 6.77. The van der Waals surface area contributed by atoms with E-state index in [1.54, 1.807) is 7.11 Å². The Kier molecular flexibility index (Phi) is 6.07. The summed E-state index contributed by atoms with van der Waals surface area (Å²) in [6.07, 6.45) is 4.52. The molecule has 0 aromatic carbocycles. The number of rotatable bonds is 8. The molecule has 0 amide bonds. The molecule has 0 aliphatic rings. The maximum absolute atomic E-state index is 9.41. The van der Waals surface area contributed by atoms with Gasteiger partial charge in [-0.15, -0.1) is 0 Å². The molecule has 0 saturated heterocycles. The molecule has 1 atom stereocenters. The van der Waals surface area contributed by atoms with Crippen LogP contribution in [0.5, 0.6) is 0 Å². The van der Waals surface area contributed by atoms with Crippen LogP contribution in [0.3, 0.4) is 0 Å². The minimum Gasteiger partial charge on any atom is -0.389 e. The lowest BCUT2D eigenvalue weighted by atomic mass is 10.3. The van der Waals surface area contributed by atoms with Crippen LogP contribution in [0.2, 0.25) is 0 Å². The quantitative estimate of drug-likeness (QED) is 0.674. The summed E-state index contributed by atoms with van der Waals surface area (Å²) in [7, 11) is 1.58. The molecule has 0 radical (unpaired) electrons. The summed E-state index contributed by atoms with van der Waals surface area (Å²) in [5, 5.41) is 16.8. The number of aliphatic hydroxyl groups is 1. The summed E-state index contributed by atoms with van der Waals surface area (Å²) in [6.45, 7) is 4.70. The van der Waals surface area contributed by atoms with Gasteiger partial charge in [0.15, 0.2) is 0 Å². The Bertz CT molecular complexity index is 289. The zero-order chi connectivity index (χ0) is 11.8. The number of aliphatic hydroxyl groups excluding tert-OH is 1. The molecular formula is C11H21N3O2. The molecule has 1 heterocycles. The van der Waals surface area contributed by atoms with Crippen molar-refractivity contribution in [3.8, 4) is 0 Å². The minimum absolute atomic E-state index is 0.363. The normalized spacial score (nSPS) is 12.9. The number of methoxy groups -OCH3 is 1. The van der Waals surface area contributed by atoms with Crippen LogP contribution in [0, 0.1) is 0 Å². The van der Waals surface area contributed by atoms with E-state index >= 15 is 0 Å². The predicted octanol–water partition coefficient (Wildman–Crippen LogP) is 0.390. The van der Waals surface area contributed by atoms with Crippen molar-refractivity contribution in [2.75, 3.05) is 20.3 Å². The molecule has 92 valence electrons. The molecule has 5 nitrogen and oxygen atoms in total. The first-order valence-electron chi connectivity index (χ1n) is 5.65. The lowest BCUT2D eigenvalue weighted by Gasteiger charge is -2.09. The van der Waals surface area contributed by atoms with Gasteiger partial charge in [-0.25, -0.2) is 0 Å². The van der Waals surface area contributed by atoms with Crippen LogP contribution >= 0.6 is 0 Å². The predicted molar refractivity (Wildman–Crippen MR) is 62.1 cm³/mol. The standard InChI is InChI=1S/C11H21N3O2/c1-3-4-14-8-10(6-13-14)5-12-7-11(15)9-16-2/h6,8,11-12,15H,3-5,7,9H2,1-2H3. The molecule has 1 unspecified atom stereocenters. The van der Waals surface area contributed by atoms with E-state index in [9.17, 15) is 5.11 Å². The Hall–Kier alpha value is -0.910. The Morgan fingerprint density at radius 1 is 1.62 bits per heavy atom. The Balaban J connectivity index is 2.21. The molecule has 0 bridgehead atoms. The number of hydrogen-bond acceptors (Lipinski definition) is 4. The van der Waals surface area contributed by atoms with Crippen LogP contribution in [0.25, 0.3) is 0 Å². The van der Waals surface area contributed by atoms with E-state index in [0.717, 1.165) is 25.1 Å². The minimum atomic E-state index is -0.448. The van der Waals surface area contributed by atoms with Crippen LogP contribution < -0.4 is 5.32 Å². The second-order valence-corrected chi connectivity index (χ2v) is 3.85. The van der Waals surface area contributed by atoms with Gasteiger partial charge in [0, 0.05) is 38.5 Å². The van der Waals surface area contributed by atoms with Crippen LogP contribution in [0.1, 0.15) is 18.9 Å². The fraction of sp³-hybridized carbons (Fsp3) is 0.727. The van der Waals surface area contributed by atoms with E-state index in [2.05, 4.69) is 17.3 Å². The van der Waals surface area contributed by atoms with Gasteiger partial charge in [0.25, 0.3) is 0 Å². The number of nitrogens with one attached hydrogen (secondary N) is 1. The monoisotopic (exact) mass is 227 g/mol. The van der Waals surface area contributed by atoms with Crippen LogP contribution in [-0.2, 0) is 17.8 Å². The molecule has 0 aliphatic carbocycles. The fourth-order valence-corrected chi connectivity index (χ4v) is 1.48. The molecule has 0 saturated carbocycles. The zero-order valence-electron chi connectivity index (χ0n) is 10.0. The van der Waals surface area contributed by atoms with Crippen molar-refractivity contribution in [3.63, 3.8) is 0 Å². The van der Waals surface area contributed by atoms with Crippen molar-refractivity contribution in [3.05, 3.63) is 18.0 Å². The summed E-state index contributed by atoms with van der Waals surface area (Å²) >= 11 is 0. The lowest BCUT2D eigenvalue weighted by Crippen LogP contribution is -2.29. The summed E-state index contributed by atoms with van der Waals surface area (Å²) in [4.78, 5) is 0. The molecule has 5 heteroatoms. The topological polar surface area (TPSA) is 59.3 Å². The number of nitrogens with zero attached hydrogens (tertiary/aromatic N) is 2. The Morgan fingerprint density at radius 3 is 3.12 bits per heavy atom. The molecule has 0 aliphatic heterocycles. The highest BCUT2D eigenvalue weighted by Crippen LogP contribution is 1.98. The molecule has 2 N–H and O–H groups in total. The second kappa shape index (κ2) is 7.38. The van der Waals surface area contributed by atoms with Crippen molar-refractivity contribution in [2.24, 2.45) is 0 Å². The van der Waals surface area contributed by atoms with Gasteiger partial charge in [-0.2, -0.15) is 5.10 Å². The van der Waals surface area contributed by atoms with E-state index < -0.39 is 6.10 Å². The van der Waals surface area contributed by atoms with Gasteiger partial charge in [0.1, 0.15) is 0 Å². The molecule has 16 heavy (non-hydrogen) atoms. The SMILES string of the molecule is CCCn1cc(CNCC(O)COC)cn1. The Labute approximate surface area is 96.4 Å². The van der Waals surface area contributed by atoms with Crippen LogP contribution in [0.15, 0.2) is 12.4 Å². The van der Waals surface area contributed by atoms with Gasteiger partial charge >= 0.3 is 0 Å². The number of ether oxygens (including phenoxy) is 1. The first kappa shape index (κ1) is 13.2. The third-order valence-electron chi connectivity index (χ3n) is 2.21. The molecular weight excluding hydrogens is 206 g/mol. The smallest absolute Gasteiger partial charge is 0.0897 e. The molecule has 1 rings (SSSR count). The average Bonchev–Trinajstić information content (AvgIpc) is 2.67. The Morgan fingerprint density at radius 2 is 2.44 bits per heavy atom. The number of hydrogen-bond donors (Lipinski definition) is 2. The summed E-state index contributed by atoms with van der Waals surface area (Å²) in [5.41, 5.74) is 1.14. The molecule has 1 aromatic rings. The van der Waals surface area contributed by atoms with E-state index in [1.165, 1.54) is 0 Å². The van der Waals surface area contributed by atoms with Gasteiger partial charge in [0.05, 0.1) is 18.9 Å². The highest BCUT2D eigenvalue weighted by molar-refractivity contribution is 5.03. The van der Waals surface area contributed by atoms with E-state index in [4.69, 9.17) is 4.74 Å². The third kappa shape index (κ3) is 4.74. The van der Waals surface area contributed by atoms with Gasteiger partial charge in [-0.1, -0.05) is 6.92 Å². The van der Waals surface area contributed by atoms with E-state index in [-0.39, 0.29) is 0 Å². The van der Waals surface area contributed by atoms with Crippen LogP contribution in [0.4, 0.5) is 0 Å². The first-order valence-corrected chi connectivity index (χ1v) is 5.65. The van der Waals surface area contributed by atoms with Crippen LogP contribution in [-0.4, -0.2) is 41.3 Å². The average molecular weight is 227 g/mol. The van der Waals surface area contributed by atoms with E-state index in [1.807, 2.05) is 17.1 Å². The van der Waals surface area contributed by atoms with Gasteiger partial charge < -0.3 is 15.2 Å². The van der Waals surface area contributed by atoms with Crippen molar-refractivity contribution in [1.82, 2.24) is 15.1 Å². The van der Waals surface area contributed by atoms with Crippen molar-refractivity contribution in [1.29, 1.82) is 0 Å². The molecule has 0 fully saturated rings. The largest absolute Gasteiger partial charge is 0.389 e. The van der Waals surface area contributed by atoms with Crippen molar-refractivity contribution >= 4 is 0 Å². The molecule has 1 aromatic heterocycles. The van der Waals surface area contributed by atoms with Crippen molar-refractivity contribution in [2.45, 2.75) is 32.5 Å². The zero-order valence-corrected chi connectivity index (χ0v) is 10.0. The van der Waals surface area contributed by atoms with Gasteiger partial charge in [-0.3, -0.25) is 4.68 Å². The lowest BCUT2D eigenvalue weighted by molar-refractivity contribution is 0.0644. The summed E-state index contributed by atoms with van der Waals surface area (Å²) in [6, 6.07) is 0. The van der Waals surface area contributed by atoms with Crippen molar-refractivity contribution < 1.29 is 9.84 Å².